The van der Waals surface area contributed by atoms with Gasteiger partial charge in [-0.05, 0) is 19.1 Å². The highest BCUT2D eigenvalue weighted by Crippen LogP contribution is 2.32. The van der Waals surface area contributed by atoms with Gasteiger partial charge in [0.15, 0.2) is 5.82 Å². The van der Waals surface area contributed by atoms with Crippen molar-refractivity contribution in [1.29, 1.82) is 0 Å². The molecule has 4 rings (SSSR count). The van der Waals surface area contributed by atoms with E-state index in [0.29, 0.717) is 16.8 Å². The van der Waals surface area contributed by atoms with E-state index in [1.54, 1.807) is 19.1 Å². The van der Waals surface area contributed by atoms with Crippen LogP contribution in [-0.2, 0) is 7.05 Å². The van der Waals surface area contributed by atoms with Gasteiger partial charge in [-0.3, -0.25) is 15.0 Å². The number of fused-ring (bicyclic) bond motifs is 1. The van der Waals surface area contributed by atoms with E-state index in [2.05, 4.69) is 26.3 Å². The molecular weight excluding hydrogens is 425 g/mol. The van der Waals surface area contributed by atoms with Crippen molar-refractivity contribution in [2.75, 3.05) is 10.7 Å². The van der Waals surface area contributed by atoms with Crippen LogP contribution in [0, 0.1) is 5.82 Å². The summed E-state index contributed by atoms with van der Waals surface area (Å²) in [4.78, 5) is 26.7. The minimum absolute atomic E-state index is 0.0351. The van der Waals surface area contributed by atoms with Crippen LogP contribution in [0.2, 0.25) is 0 Å². The van der Waals surface area contributed by atoms with Gasteiger partial charge in [0.25, 0.3) is 12.0 Å². The molecule has 1 aromatic carbocycles. The van der Waals surface area contributed by atoms with E-state index in [9.17, 15) is 22.8 Å². The first kappa shape index (κ1) is 21.2. The lowest BCUT2D eigenvalue weighted by molar-refractivity contribution is 0.146. The molecule has 166 valence electrons. The average molecular weight is 444 g/mol. The Kier molecular flexibility index (Phi) is 5.47. The number of alkyl halides is 2. The summed E-state index contributed by atoms with van der Waals surface area (Å²) in [6.45, 7) is 1.60. The van der Waals surface area contributed by atoms with Crippen molar-refractivity contribution >= 4 is 23.3 Å². The molecule has 0 unspecified atom stereocenters. The fraction of sp³-hybridized carbons (Fsp3) is 0.190. The predicted molar refractivity (Wildman–Crippen MR) is 115 cm³/mol. The number of anilines is 2. The summed E-state index contributed by atoms with van der Waals surface area (Å²) in [7, 11) is 1.45. The number of rotatable bonds is 5. The second-order valence-corrected chi connectivity index (χ2v) is 7.23. The zero-order valence-electron chi connectivity index (χ0n) is 17.0. The molecular formula is C21H19F3N6O2. The second kappa shape index (κ2) is 8.25. The molecule has 2 aromatic heterocycles. The van der Waals surface area contributed by atoms with Crippen molar-refractivity contribution in [2.24, 2.45) is 7.05 Å². The quantitative estimate of drug-likeness (QED) is 0.482. The molecule has 0 fully saturated rings. The van der Waals surface area contributed by atoms with Gasteiger partial charge in [-0.1, -0.05) is 18.2 Å². The Morgan fingerprint density at radius 3 is 2.59 bits per heavy atom. The molecule has 1 atom stereocenters. The summed E-state index contributed by atoms with van der Waals surface area (Å²) in [5, 5.41) is 7.24. The number of benzene rings is 1. The number of halogens is 3. The third kappa shape index (κ3) is 3.84. The number of hydrazine groups is 1. The Morgan fingerprint density at radius 1 is 1.12 bits per heavy atom. The summed E-state index contributed by atoms with van der Waals surface area (Å²) < 4.78 is 41.9. The molecule has 32 heavy (non-hydrogen) atoms. The van der Waals surface area contributed by atoms with Crippen LogP contribution in [0.5, 0.6) is 0 Å². The molecule has 0 saturated heterocycles. The Bertz CT molecular complexity index is 1330. The van der Waals surface area contributed by atoms with Gasteiger partial charge in [0.1, 0.15) is 11.5 Å². The van der Waals surface area contributed by atoms with Crippen molar-refractivity contribution in [2.45, 2.75) is 19.4 Å². The molecule has 0 spiro atoms. The first-order valence-electron chi connectivity index (χ1n) is 9.63. The summed E-state index contributed by atoms with van der Waals surface area (Å²) in [6.07, 6.45) is 0.161. The zero-order valence-corrected chi connectivity index (χ0v) is 17.0. The molecule has 0 amide bonds. The fourth-order valence-electron chi connectivity index (χ4n) is 3.44. The van der Waals surface area contributed by atoms with Crippen molar-refractivity contribution in [3.63, 3.8) is 0 Å². The van der Waals surface area contributed by atoms with Gasteiger partial charge < -0.3 is 15.7 Å². The molecule has 3 aromatic rings. The van der Waals surface area contributed by atoms with Crippen LogP contribution < -0.4 is 27.3 Å². The van der Waals surface area contributed by atoms with Crippen LogP contribution in [0.25, 0.3) is 11.8 Å². The van der Waals surface area contributed by atoms with E-state index in [-0.39, 0.29) is 22.6 Å². The van der Waals surface area contributed by atoms with Crippen LogP contribution in [0.15, 0.2) is 46.1 Å². The third-order valence-electron chi connectivity index (χ3n) is 5.09. The highest BCUT2D eigenvalue weighted by atomic mass is 19.3. The summed E-state index contributed by atoms with van der Waals surface area (Å²) in [5.74, 6) is -0.770. The Balaban J connectivity index is 1.77. The number of nitrogens with one attached hydrogen (secondary N) is 4. The maximum atomic E-state index is 14.6. The molecule has 0 bridgehead atoms. The number of nitrogens with zero attached hydrogens (tertiary/aromatic N) is 2. The summed E-state index contributed by atoms with van der Waals surface area (Å²) >= 11 is 0. The van der Waals surface area contributed by atoms with Crippen LogP contribution in [0.1, 0.15) is 41.6 Å². The number of pyridine rings is 1. The molecule has 1 aliphatic heterocycles. The molecule has 3 heterocycles. The van der Waals surface area contributed by atoms with Gasteiger partial charge in [-0.25, -0.2) is 17.9 Å². The number of hydrogen-bond acceptors (Lipinski definition) is 6. The molecule has 0 aliphatic carbocycles. The van der Waals surface area contributed by atoms with E-state index in [1.165, 1.54) is 31.4 Å². The van der Waals surface area contributed by atoms with Crippen LogP contribution in [0.4, 0.5) is 24.7 Å². The summed E-state index contributed by atoms with van der Waals surface area (Å²) in [6, 6.07) is 6.11. The van der Waals surface area contributed by atoms with Gasteiger partial charge in [-0.15, -0.1) is 0 Å². The normalized spacial score (nSPS) is 13.6. The van der Waals surface area contributed by atoms with Crippen molar-refractivity contribution in [3.05, 3.63) is 85.3 Å². The Morgan fingerprint density at radius 2 is 1.88 bits per heavy atom. The van der Waals surface area contributed by atoms with Crippen LogP contribution in [-0.4, -0.2) is 14.8 Å². The van der Waals surface area contributed by atoms with E-state index >= 15 is 0 Å². The topological polar surface area (TPSA) is 104 Å². The zero-order chi connectivity index (χ0) is 23.0. The van der Waals surface area contributed by atoms with Crippen molar-refractivity contribution in [1.82, 2.24) is 20.2 Å². The number of aromatic amines is 1. The minimum Gasteiger partial charge on any atom is -0.361 e. The molecule has 0 saturated carbocycles. The number of aryl methyl sites for hydroxylation is 1. The SMILES string of the molecule is C[C@@H](Nc1nn(C)c(=O)c2c1C=C(c1cc[nH]c(=O)c1)NN2)c1cccc(C(F)F)c1F. The van der Waals surface area contributed by atoms with E-state index in [1.807, 2.05) is 0 Å². The Hall–Kier alpha value is -4.02. The highest BCUT2D eigenvalue weighted by Gasteiger charge is 2.24. The maximum Gasteiger partial charge on any atom is 0.292 e. The largest absolute Gasteiger partial charge is 0.361 e. The van der Waals surface area contributed by atoms with Gasteiger partial charge in [-0.2, -0.15) is 5.10 Å². The molecule has 1 aliphatic rings. The van der Waals surface area contributed by atoms with Gasteiger partial charge in [0.2, 0.25) is 5.56 Å². The molecule has 8 nitrogen and oxygen atoms in total. The predicted octanol–water partition coefficient (Wildman–Crippen LogP) is 3.15. The standard InChI is InChI=1S/C21H19F3N6O2/c1-10(12-4-3-5-13(17(12)22)19(23)24)26-20-14-9-15(11-6-7-25-16(31)8-11)27-28-18(14)21(32)30(2)29-20/h3-10,19,27-28H,1-2H3,(H,25,31)(H,26,29)/t10-/m1/s1. The molecule has 11 heteroatoms. The van der Waals surface area contributed by atoms with E-state index in [0.717, 1.165) is 10.7 Å². The highest BCUT2D eigenvalue weighted by molar-refractivity contribution is 5.91. The minimum atomic E-state index is -2.94. The lowest BCUT2D eigenvalue weighted by atomic mass is 10.0. The van der Waals surface area contributed by atoms with Crippen LogP contribution >= 0.6 is 0 Å². The average Bonchev–Trinajstić information content (AvgIpc) is 2.76. The van der Waals surface area contributed by atoms with Gasteiger partial charge in [0.05, 0.1) is 22.9 Å². The smallest absolute Gasteiger partial charge is 0.292 e. The van der Waals surface area contributed by atoms with E-state index < -0.39 is 29.4 Å². The lowest BCUT2D eigenvalue weighted by Crippen LogP contribution is -2.34. The first-order chi connectivity index (χ1) is 15.3. The maximum absolute atomic E-state index is 14.6. The first-order valence-corrected chi connectivity index (χ1v) is 9.63. The number of aromatic nitrogens is 3. The fourth-order valence-corrected chi connectivity index (χ4v) is 3.44. The molecule has 4 N–H and O–H groups in total. The van der Waals surface area contributed by atoms with Gasteiger partial charge >= 0.3 is 0 Å². The third-order valence-corrected chi connectivity index (χ3v) is 5.09. The number of H-pyrrole nitrogens is 1. The second-order valence-electron chi connectivity index (χ2n) is 7.23. The summed E-state index contributed by atoms with van der Waals surface area (Å²) in [5.41, 5.74) is 5.93. The Labute approximate surface area is 179 Å². The monoisotopic (exact) mass is 444 g/mol. The lowest BCUT2D eigenvalue weighted by Gasteiger charge is -2.24. The van der Waals surface area contributed by atoms with Crippen molar-refractivity contribution < 1.29 is 13.2 Å². The van der Waals surface area contributed by atoms with Crippen molar-refractivity contribution in [3.8, 4) is 0 Å². The van der Waals surface area contributed by atoms with E-state index in [4.69, 9.17) is 0 Å². The van der Waals surface area contributed by atoms with Gasteiger partial charge in [0, 0.05) is 30.4 Å². The molecule has 0 radical (unpaired) electrons. The number of hydrogen-bond donors (Lipinski definition) is 4. The van der Waals surface area contributed by atoms with Crippen LogP contribution in [0.3, 0.4) is 0 Å².